The van der Waals surface area contributed by atoms with Crippen LogP contribution in [-0.2, 0) is 21.2 Å². The molecular formula is C23H22ClNO3S2. The number of benzene rings is 3. The third-order valence-electron chi connectivity index (χ3n) is 4.59. The molecule has 0 spiro atoms. The first kappa shape index (κ1) is 22.6. The lowest BCUT2D eigenvalue weighted by atomic mass is 10.1. The highest BCUT2D eigenvalue weighted by Gasteiger charge is 2.11. The number of rotatable bonds is 8. The zero-order valence-corrected chi connectivity index (χ0v) is 18.9. The number of hydrogen-bond acceptors (Lipinski definition) is 4. The molecule has 0 radical (unpaired) electrons. The van der Waals surface area contributed by atoms with E-state index in [2.05, 4.69) is 4.72 Å². The second-order valence-corrected chi connectivity index (χ2v) is 10.2. The lowest BCUT2D eigenvalue weighted by Gasteiger charge is -2.07. The summed E-state index contributed by atoms with van der Waals surface area (Å²) < 4.78 is 26.0. The zero-order valence-electron chi connectivity index (χ0n) is 16.5. The molecule has 7 heteroatoms. The minimum absolute atomic E-state index is 0.122. The van der Waals surface area contributed by atoms with Crippen molar-refractivity contribution in [2.75, 3.05) is 7.05 Å². The van der Waals surface area contributed by atoms with Gasteiger partial charge in [-0.1, -0.05) is 59.8 Å². The largest absolute Gasteiger partial charge is 0.287 e. The Bertz CT molecular complexity index is 1110. The molecule has 4 nitrogen and oxygen atoms in total. The quantitative estimate of drug-likeness (QED) is 0.448. The van der Waals surface area contributed by atoms with Crippen LogP contribution in [0.2, 0.25) is 5.02 Å². The van der Waals surface area contributed by atoms with Crippen LogP contribution < -0.4 is 4.72 Å². The molecule has 0 heterocycles. The maximum Gasteiger partial charge on any atom is 0.240 e. The molecule has 0 amide bonds. The van der Waals surface area contributed by atoms with Crippen molar-refractivity contribution >= 4 is 38.5 Å². The van der Waals surface area contributed by atoms with Gasteiger partial charge in [0.05, 0.1) is 4.90 Å². The van der Waals surface area contributed by atoms with Crippen LogP contribution >= 0.6 is 23.4 Å². The molecule has 0 unspecified atom stereocenters. The zero-order chi connectivity index (χ0) is 21.6. The predicted molar refractivity (Wildman–Crippen MR) is 123 cm³/mol. The summed E-state index contributed by atoms with van der Waals surface area (Å²) in [6.45, 7) is 0. The SMILES string of the molecule is CNS(=O)(=O)c1ccc(-c2cccc(SC(=O)CCCc3ccc(Cl)cc3)c2)cc1. The maximum atomic E-state index is 12.4. The van der Waals surface area contributed by atoms with Crippen LogP contribution in [0, 0.1) is 0 Å². The van der Waals surface area contributed by atoms with Crippen molar-refractivity contribution in [1.82, 2.24) is 4.72 Å². The Morgan fingerprint density at radius 1 is 0.967 bits per heavy atom. The molecule has 0 aliphatic rings. The molecule has 0 saturated heterocycles. The number of hydrogen-bond donors (Lipinski definition) is 1. The van der Waals surface area contributed by atoms with E-state index in [-0.39, 0.29) is 10.0 Å². The minimum atomic E-state index is -3.46. The highest BCUT2D eigenvalue weighted by Crippen LogP contribution is 2.28. The van der Waals surface area contributed by atoms with E-state index in [1.54, 1.807) is 24.3 Å². The Labute approximate surface area is 186 Å². The summed E-state index contributed by atoms with van der Waals surface area (Å²) in [5.74, 6) is 0. The van der Waals surface area contributed by atoms with Crippen molar-refractivity contribution in [2.24, 2.45) is 0 Å². The molecule has 0 fully saturated rings. The molecule has 0 saturated carbocycles. The van der Waals surface area contributed by atoms with Crippen LogP contribution in [0.1, 0.15) is 18.4 Å². The number of nitrogens with one attached hydrogen (secondary N) is 1. The summed E-state index contributed by atoms with van der Waals surface area (Å²) in [6, 6.07) is 22.1. The summed E-state index contributed by atoms with van der Waals surface area (Å²) in [6.07, 6.45) is 2.12. The Hall–Kier alpha value is -2.12. The third kappa shape index (κ3) is 6.19. The average molecular weight is 460 g/mol. The smallest absolute Gasteiger partial charge is 0.240 e. The van der Waals surface area contributed by atoms with Gasteiger partial charge in [-0.05, 0) is 73.0 Å². The summed E-state index contributed by atoms with van der Waals surface area (Å²) in [5, 5.41) is 0.833. The van der Waals surface area contributed by atoms with Crippen molar-refractivity contribution in [2.45, 2.75) is 29.1 Å². The molecular weight excluding hydrogens is 438 g/mol. The number of carbonyl (C=O) groups is 1. The van der Waals surface area contributed by atoms with E-state index in [9.17, 15) is 13.2 Å². The van der Waals surface area contributed by atoms with E-state index in [1.807, 2.05) is 48.5 Å². The lowest BCUT2D eigenvalue weighted by Crippen LogP contribution is -2.18. The Balaban J connectivity index is 1.59. The predicted octanol–water partition coefficient (Wildman–Crippen LogP) is 5.56. The second-order valence-electron chi connectivity index (χ2n) is 6.71. The fourth-order valence-electron chi connectivity index (χ4n) is 2.95. The first-order valence-corrected chi connectivity index (χ1v) is 12.1. The number of carbonyl (C=O) groups excluding carboxylic acids is 1. The maximum absolute atomic E-state index is 12.4. The van der Waals surface area contributed by atoms with Crippen LogP contribution in [0.4, 0.5) is 0 Å². The molecule has 0 aromatic heterocycles. The van der Waals surface area contributed by atoms with Crippen molar-refractivity contribution in [3.63, 3.8) is 0 Å². The van der Waals surface area contributed by atoms with Gasteiger partial charge in [0.1, 0.15) is 0 Å². The van der Waals surface area contributed by atoms with Gasteiger partial charge in [-0.3, -0.25) is 4.79 Å². The molecule has 30 heavy (non-hydrogen) atoms. The van der Waals surface area contributed by atoms with Crippen molar-refractivity contribution in [1.29, 1.82) is 0 Å². The van der Waals surface area contributed by atoms with Gasteiger partial charge in [0.15, 0.2) is 5.12 Å². The number of aryl methyl sites for hydroxylation is 1. The van der Waals surface area contributed by atoms with E-state index in [4.69, 9.17) is 11.6 Å². The van der Waals surface area contributed by atoms with Crippen LogP contribution in [0.5, 0.6) is 0 Å². The molecule has 156 valence electrons. The topological polar surface area (TPSA) is 63.2 Å². The number of thioether (sulfide) groups is 1. The summed E-state index contributed by atoms with van der Waals surface area (Å²) in [4.78, 5) is 13.4. The van der Waals surface area contributed by atoms with Crippen molar-refractivity contribution in [3.05, 3.63) is 83.4 Å². The monoisotopic (exact) mass is 459 g/mol. The highest BCUT2D eigenvalue weighted by atomic mass is 35.5. The third-order valence-corrected chi connectivity index (χ3v) is 7.20. The standard InChI is InChI=1S/C23H22ClNO3S2/c1-25-30(27,28)22-14-10-18(11-15-22)19-5-3-6-21(16-19)29-23(26)7-2-4-17-8-12-20(24)13-9-17/h3,5-6,8-16,25H,2,4,7H2,1H3. The van der Waals surface area contributed by atoms with Crippen molar-refractivity contribution < 1.29 is 13.2 Å². The van der Waals surface area contributed by atoms with Crippen LogP contribution in [-0.4, -0.2) is 20.6 Å². The van der Waals surface area contributed by atoms with Gasteiger partial charge in [-0.2, -0.15) is 0 Å². The normalized spacial score (nSPS) is 11.4. The average Bonchev–Trinajstić information content (AvgIpc) is 2.75. The number of sulfonamides is 1. The van der Waals surface area contributed by atoms with Gasteiger partial charge in [-0.15, -0.1) is 0 Å². The first-order chi connectivity index (χ1) is 14.4. The summed E-state index contributed by atoms with van der Waals surface area (Å²) in [7, 11) is -2.07. The van der Waals surface area contributed by atoms with Gasteiger partial charge in [0, 0.05) is 16.3 Å². The fourth-order valence-corrected chi connectivity index (χ4v) is 4.65. The molecule has 3 aromatic rings. The molecule has 1 N–H and O–H groups in total. The van der Waals surface area contributed by atoms with Gasteiger partial charge >= 0.3 is 0 Å². The second kappa shape index (κ2) is 10.3. The van der Waals surface area contributed by atoms with E-state index >= 15 is 0 Å². The van der Waals surface area contributed by atoms with Gasteiger partial charge < -0.3 is 0 Å². The minimum Gasteiger partial charge on any atom is -0.287 e. The van der Waals surface area contributed by atoms with Gasteiger partial charge in [0.2, 0.25) is 10.0 Å². The van der Waals surface area contributed by atoms with E-state index in [1.165, 1.54) is 24.4 Å². The van der Waals surface area contributed by atoms with Crippen LogP contribution in [0.15, 0.2) is 82.6 Å². The van der Waals surface area contributed by atoms with Gasteiger partial charge in [0.25, 0.3) is 0 Å². The van der Waals surface area contributed by atoms with Crippen LogP contribution in [0.25, 0.3) is 11.1 Å². The fraction of sp³-hybridized carbons (Fsp3) is 0.174. The lowest BCUT2D eigenvalue weighted by molar-refractivity contribution is -0.111. The molecule has 3 rings (SSSR count). The van der Waals surface area contributed by atoms with Crippen molar-refractivity contribution in [3.8, 4) is 11.1 Å². The summed E-state index contributed by atoms with van der Waals surface area (Å²) >= 11 is 7.13. The highest BCUT2D eigenvalue weighted by molar-refractivity contribution is 8.13. The molecule has 0 bridgehead atoms. The van der Waals surface area contributed by atoms with E-state index in [0.29, 0.717) is 11.4 Å². The number of halogens is 1. The summed E-state index contributed by atoms with van der Waals surface area (Å²) in [5.41, 5.74) is 2.99. The van der Waals surface area contributed by atoms with Crippen LogP contribution in [0.3, 0.4) is 0 Å². The Morgan fingerprint density at radius 3 is 2.33 bits per heavy atom. The molecule has 0 atom stereocenters. The molecule has 0 aliphatic heterocycles. The first-order valence-electron chi connectivity index (χ1n) is 9.46. The van der Waals surface area contributed by atoms with E-state index in [0.717, 1.165) is 28.9 Å². The molecule has 3 aromatic carbocycles. The molecule has 0 aliphatic carbocycles. The Morgan fingerprint density at radius 2 is 1.67 bits per heavy atom. The van der Waals surface area contributed by atoms with Gasteiger partial charge in [-0.25, -0.2) is 13.1 Å². The van der Waals surface area contributed by atoms with E-state index < -0.39 is 10.0 Å². The Kier molecular flexibility index (Phi) is 7.72.